The number of benzene rings is 3. The number of aliphatic carboxylic acids is 1. The molecule has 182 valence electrons. The van der Waals surface area contributed by atoms with E-state index in [-0.39, 0.29) is 11.7 Å². The monoisotopic (exact) mass is 513 g/mol. The highest BCUT2D eigenvalue weighted by Crippen LogP contribution is 2.46. The normalized spacial score (nSPS) is 20.0. The van der Waals surface area contributed by atoms with E-state index in [0.717, 1.165) is 16.0 Å². The maximum Gasteiger partial charge on any atom is 0.341 e. The van der Waals surface area contributed by atoms with E-state index in [2.05, 4.69) is 5.32 Å². The van der Waals surface area contributed by atoms with Gasteiger partial charge in [0, 0.05) is 10.6 Å². The molecule has 9 heteroatoms. The third-order valence-electron chi connectivity index (χ3n) is 5.84. The summed E-state index contributed by atoms with van der Waals surface area (Å²) in [4.78, 5) is 24.6. The van der Waals surface area contributed by atoms with Gasteiger partial charge in [0.1, 0.15) is 22.4 Å². The maximum atomic E-state index is 13.7. The van der Waals surface area contributed by atoms with E-state index in [1.165, 1.54) is 23.9 Å². The van der Waals surface area contributed by atoms with Crippen molar-refractivity contribution < 1.29 is 28.9 Å². The van der Waals surface area contributed by atoms with Crippen molar-refractivity contribution in [3.05, 3.63) is 95.3 Å². The summed E-state index contributed by atoms with van der Waals surface area (Å²) in [6, 6.07) is 20.4. The Kier molecular flexibility index (Phi) is 7.69. The largest absolute Gasteiger partial charge is 0.482 e. The van der Waals surface area contributed by atoms with Crippen LogP contribution in [0.15, 0.2) is 77.7 Å². The lowest BCUT2D eigenvalue weighted by atomic mass is 9.74. The van der Waals surface area contributed by atoms with Gasteiger partial charge in [-0.1, -0.05) is 36.4 Å². The molecule has 1 amide bonds. The zero-order chi connectivity index (χ0) is 25.0. The molecule has 0 spiro atoms. The molecule has 4 rings (SSSR count). The number of hydrogen-bond donors (Lipinski definition) is 3. The van der Waals surface area contributed by atoms with Crippen molar-refractivity contribution in [2.45, 2.75) is 21.8 Å². The molecule has 1 aliphatic heterocycles. The summed E-state index contributed by atoms with van der Waals surface area (Å²) >= 11 is 2.95. The zero-order valence-corrected chi connectivity index (χ0v) is 20.4. The summed E-state index contributed by atoms with van der Waals surface area (Å²) in [6.45, 7) is -0.465. The summed E-state index contributed by atoms with van der Waals surface area (Å²) in [5, 5.41) is 22.0. The number of aliphatic hydroxyl groups is 1. The van der Waals surface area contributed by atoms with Crippen molar-refractivity contribution in [1.29, 1.82) is 0 Å². The first-order valence-corrected chi connectivity index (χ1v) is 13.1. The second kappa shape index (κ2) is 10.7. The van der Waals surface area contributed by atoms with Gasteiger partial charge in [0.05, 0.1) is 6.10 Å². The number of halogens is 1. The van der Waals surface area contributed by atoms with Crippen LogP contribution in [0.5, 0.6) is 5.75 Å². The standard InChI is InChI=1S/C26H24FNO5S2/c1-34-21-12-2-16(3-13-21)22(29)15-35-24-25(32)28-26(24,17-4-8-19(27)9-5-17)18-6-10-20(11-7-18)33-14-23(30)31/h2-13,22,24,29H,14-15H2,1H3,(H,28,32)(H,30,31)/t22?,24-,26-/m0/s1. The summed E-state index contributed by atoms with van der Waals surface area (Å²) in [5.74, 6) is -0.985. The van der Waals surface area contributed by atoms with E-state index in [1.54, 1.807) is 48.2 Å². The highest BCUT2D eigenvalue weighted by Gasteiger charge is 2.56. The fourth-order valence-corrected chi connectivity index (χ4v) is 5.81. The Morgan fingerprint density at radius 1 is 1.06 bits per heavy atom. The number of rotatable bonds is 10. The molecular weight excluding hydrogens is 489 g/mol. The molecule has 3 N–H and O–H groups in total. The van der Waals surface area contributed by atoms with E-state index in [4.69, 9.17) is 9.84 Å². The Morgan fingerprint density at radius 2 is 1.66 bits per heavy atom. The number of carbonyl (C=O) groups excluding carboxylic acids is 1. The van der Waals surface area contributed by atoms with Crippen molar-refractivity contribution >= 4 is 35.4 Å². The molecule has 0 aliphatic carbocycles. The average Bonchev–Trinajstić information content (AvgIpc) is 2.86. The van der Waals surface area contributed by atoms with Gasteiger partial charge < -0.3 is 20.3 Å². The molecule has 3 aromatic rings. The average molecular weight is 514 g/mol. The Labute approximate surface area is 210 Å². The van der Waals surface area contributed by atoms with Crippen LogP contribution in [0.2, 0.25) is 0 Å². The Bertz CT molecular complexity index is 1190. The van der Waals surface area contributed by atoms with Crippen molar-refractivity contribution in [1.82, 2.24) is 5.32 Å². The first kappa shape index (κ1) is 25.1. The van der Waals surface area contributed by atoms with Crippen LogP contribution in [0.3, 0.4) is 0 Å². The van der Waals surface area contributed by atoms with Crippen molar-refractivity contribution in [2.24, 2.45) is 0 Å². The number of aliphatic hydroxyl groups excluding tert-OH is 1. The molecule has 3 atom stereocenters. The first-order chi connectivity index (χ1) is 16.8. The predicted molar refractivity (Wildman–Crippen MR) is 134 cm³/mol. The molecule has 0 radical (unpaired) electrons. The fourth-order valence-electron chi connectivity index (χ4n) is 4.04. The summed E-state index contributed by atoms with van der Waals surface area (Å²) in [5.41, 5.74) is 1.27. The van der Waals surface area contributed by atoms with Crippen molar-refractivity contribution in [2.75, 3.05) is 18.6 Å². The van der Waals surface area contributed by atoms with Crippen LogP contribution in [0.25, 0.3) is 0 Å². The minimum absolute atomic E-state index is 0.185. The van der Waals surface area contributed by atoms with Crippen molar-refractivity contribution in [3.63, 3.8) is 0 Å². The van der Waals surface area contributed by atoms with Crippen LogP contribution in [-0.4, -0.2) is 46.0 Å². The third kappa shape index (κ3) is 5.32. The molecule has 1 aliphatic rings. The Morgan fingerprint density at radius 3 is 2.20 bits per heavy atom. The van der Waals surface area contributed by atoms with E-state index >= 15 is 0 Å². The second-order valence-electron chi connectivity index (χ2n) is 8.01. The number of amides is 1. The van der Waals surface area contributed by atoms with E-state index in [1.807, 2.05) is 30.5 Å². The number of hydrogen-bond acceptors (Lipinski definition) is 6. The van der Waals surface area contributed by atoms with E-state index < -0.39 is 29.5 Å². The maximum absolute atomic E-state index is 13.7. The molecule has 0 bridgehead atoms. The van der Waals surface area contributed by atoms with E-state index in [9.17, 15) is 19.1 Å². The number of ether oxygens (including phenoxy) is 1. The molecular formula is C26H24FNO5S2. The topological polar surface area (TPSA) is 95.9 Å². The summed E-state index contributed by atoms with van der Waals surface area (Å²) in [6.07, 6.45) is 1.22. The Balaban J connectivity index is 1.60. The highest BCUT2D eigenvalue weighted by molar-refractivity contribution is 8.00. The highest BCUT2D eigenvalue weighted by atomic mass is 32.2. The number of carboxylic acid groups (broad SMARTS) is 1. The lowest BCUT2D eigenvalue weighted by Crippen LogP contribution is -2.69. The van der Waals surface area contributed by atoms with Gasteiger partial charge >= 0.3 is 5.97 Å². The third-order valence-corrected chi connectivity index (χ3v) is 8.00. The molecule has 1 unspecified atom stereocenters. The van der Waals surface area contributed by atoms with Crippen molar-refractivity contribution in [3.8, 4) is 5.75 Å². The van der Waals surface area contributed by atoms with Gasteiger partial charge in [0.25, 0.3) is 0 Å². The van der Waals surface area contributed by atoms with Crippen LogP contribution >= 0.6 is 23.5 Å². The first-order valence-electron chi connectivity index (χ1n) is 10.8. The second-order valence-corrected chi connectivity index (χ2v) is 10.0. The molecule has 35 heavy (non-hydrogen) atoms. The smallest absolute Gasteiger partial charge is 0.341 e. The SMILES string of the molecule is CSc1ccc(C(O)CS[C@H]2C(=O)N[C@@]2(c2ccc(F)cc2)c2ccc(OCC(=O)O)cc2)cc1. The quantitative estimate of drug-likeness (QED) is 0.276. The molecule has 3 aromatic carbocycles. The van der Waals surface area contributed by atoms with Gasteiger partial charge in [-0.05, 0) is 59.3 Å². The molecule has 1 fully saturated rings. The van der Waals surface area contributed by atoms with Gasteiger partial charge in [-0.15, -0.1) is 23.5 Å². The van der Waals surface area contributed by atoms with Crippen LogP contribution in [0.4, 0.5) is 4.39 Å². The minimum atomic E-state index is -1.08. The molecule has 0 saturated carbocycles. The van der Waals surface area contributed by atoms with Gasteiger partial charge in [0.2, 0.25) is 5.91 Å². The Hall–Kier alpha value is -3.01. The van der Waals surface area contributed by atoms with Gasteiger partial charge in [-0.25, -0.2) is 9.18 Å². The minimum Gasteiger partial charge on any atom is -0.482 e. The van der Waals surface area contributed by atoms with Gasteiger partial charge in [-0.2, -0.15) is 0 Å². The van der Waals surface area contributed by atoms with Crippen LogP contribution < -0.4 is 10.1 Å². The lowest BCUT2D eigenvalue weighted by Gasteiger charge is -2.50. The molecule has 1 saturated heterocycles. The van der Waals surface area contributed by atoms with Crippen LogP contribution in [0, 0.1) is 5.82 Å². The summed E-state index contributed by atoms with van der Waals surface area (Å²) < 4.78 is 18.9. The fraction of sp³-hybridized carbons (Fsp3) is 0.231. The van der Waals surface area contributed by atoms with Gasteiger partial charge in [0.15, 0.2) is 6.61 Å². The molecule has 1 heterocycles. The number of carboxylic acids is 1. The van der Waals surface area contributed by atoms with Gasteiger partial charge in [-0.3, -0.25) is 4.79 Å². The number of thioether (sulfide) groups is 2. The number of carbonyl (C=O) groups is 2. The molecule has 0 aromatic heterocycles. The van der Waals surface area contributed by atoms with E-state index in [0.29, 0.717) is 17.1 Å². The predicted octanol–water partition coefficient (Wildman–Crippen LogP) is 4.22. The lowest BCUT2D eigenvalue weighted by molar-refractivity contribution is -0.139. The van der Waals surface area contributed by atoms with Crippen LogP contribution in [0.1, 0.15) is 22.8 Å². The summed E-state index contributed by atoms with van der Waals surface area (Å²) in [7, 11) is 0. The number of nitrogens with one attached hydrogen (secondary N) is 1. The molecule has 6 nitrogen and oxygen atoms in total. The van der Waals surface area contributed by atoms with Crippen LogP contribution in [-0.2, 0) is 15.1 Å². The zero-order valence-electron chi connectivity index (χ0n) is 18.8. The number of β-lactam (4-membered cyclic amide) rings is 1.